The standard InChI is InChI=1S/C72H62N2/c1-69(2,3)51-35-41-60-63(43-51)72(49-21-11-9-12-22-49,50-23-13-10-14-24-50)64-44-52(70(4,5)6)45-67(68(60)64)73(55-40-42-57-56-25-15-18-28-61(56)71(7,8)62(57)46-55)53-36-31-47(32-37-53)48-33-38-54(39-34-48)74-65-29-19-16-26-58(65)59-27-17-20-30-66(59)74/h9-46H,1-8H3. The molecular formula is C72H62N2. The molecule has 0 amide bonds. The van der Waals surface area contributed by atoms with Crippen LogP contribution in [-0.4, -0.2) is 4.57 Å². The molecule has 13 rings (SSSR count). The van der Waals surface area contributed by atoms with Crippen molar-refractivity contribution in [1.29, 1.82) is 0 Å². The second kappa shape index (κ2) is 16.7. The van der Waals surface area contributed by atoms with E-state index in [0.717, 1.165) is 17.1 Å². The fourth-order valence-electron chi connectivity index (χ4n) is 12.7. The molecule has 0 aliphatic heterocycles. The molecule has 0 radical (unpaired) electrons. The summed E-state index contributed by atoms with van der Waals surface area (Å²) in [7, 11) is 0. The van der Waals surface area contributed by atoms with Crippen molar-refractivity contribution in [3.63, 3.8) is 0 Å². The molecule has 11 aromatic rings. The number of benzene rings is 10. The first-order valence-electron chi connectivity index (χ1n) is 26.4. The number of nitrogens with zero attached hydrogens (tertiary/aromatic N) is 2. The van der Waals surface area contributed by atoms with Gasteiger partial charge in [0.1, 0.15) is 0 Å². The molecule has 0 spiro atoms. The van der Waals surface area contributed by atoms with Crippen molar-refractivity contribution >= 4 is 38.9 Å². The van der Waals surface area contributed by atoms with Gasteiger partial charge >= 0.3 is 0 Å². The quantitative estimate of drug-likeness (QED) is 0.155. The molecule has 0 N–H and O–H groups in total. The van der Waals surface area contributed by atoms with Crippen LogP contribution in [0.25, 0.3) is 60.9 Å². The summed E-state index contributed by atoms with van der Waals surface area (Å²) in [5.74, 6) is 0. The van der Waals surface area contributed by atoms with E-state index in [1.54, 1.807) is 0 Å². The molecule has 0 unspecified atom stereocenters. The number of aromatic nitrogens is 1. The van der Waals surface area contributed by atoms with E-state index in [2.05, 4.69) is 295 Å². The number of rotatable bonds is 7. The molecule has 2 aliphatic carbocycles. The number of hydrogen-bond donors (Lipinski definition) is 0. The van der Waals surface area contributed by atoms with E-state index in [-0.39, 0.29) is 16.2 Å². The highest BCUT2D eigenvalue weighted by Gasteiger charge is 2.49. The minimum absolute atomic E-state index is 0.0593. The Morgan fingerprint density at radius 3 is 1.49 bits per heavy atom. The third kappa shape index (κ3) is 6.91. The second-order valence-electron chi connectivity index (χ2n) is 23.4. The summed E-state index contributed by atoms with van der Waals surface area (Å²) in [6.45, 7) is 18.9. The lowest BCUT2D eigenvalue weighted by atomic mass is 9.66. The zero-order chi connectivity index (χ0) is 50.7. The van der Waals surface area contributed by atoms with E-state index >= 15 is 0 Å². The summed E-state index contributed by atoms with van der Waals surface area (Å²) in [4.78, 5) is 2.58. The Hall–Kier alpha value is -8.20. The fraction of sp³-hybridized carbons (Fsp3) is 0.167. The maximum absolute atomic E-state index is 2.58. The highest BCUT2D eigenvalue weighted by Crippen LogP contribution is 2.61. The Bertz CT molecular complexity index is 3880. The third-order valence-electron chi connectivity index (χ3n) is 16.6. The van der Waals surface area contributed by atoms with Gasteiger partial charge < -0.3 is 9.47 Å². The van der Waals surface area contributed by atoms with Crippen molar-refractivity contribution in [3.8, 4) is 39.1 Å². The third-order valence-corrected chi connectivity index (χ3v) is 16.6. The average molecular weight is 955 g/mol. The van der Waals surface area contributed by atoms with E-state index in [0.29, 0.717) is 0 Å². The lowest BCUT2D eigenvalue weighted by molar-refractivity contribution is 0.586. The maximum Gasteiger partial charge on any atom is 0.0714 e. The van der Waals surface area contributed by atoms with Crippen molar-refractivity contribution in [2.45, 2.75) is 77.0 Å². The highest BCUT2D eigenvalue weighted by atomic mass is 15.1. The summed E-state index contributed by atoms with van der Waals surface area (Å²) < 4.78 is 2.39. The van der Waals surface area contributed by atoms with Gasteiger partial charge in [0.15, 0.2) is 0 Å². The van der Waals surface area contributed by atoms with E-state index in [4.69, 9.17) is 0 Å². The molecule has 10 aromatic carbocycles. The molecule has 0 saturated heterocycles. The lowest BCUT2D eigenvalue weighted by Gasteiger charge is -2.36. The topological polar surface area (TPSA) is 8.17 Å². The number of hydrogen-bond acceptors (Lipinski definition) is 1. The van der Waals surface area contributed by atoms with Crippen LogP contribution >= 0.6 is 0 Å². The predicted molar refractivity (Wildman–Crippen MR) is 313 cm³/mol. The van der Waals surface area contributed by atoms with Gasteiger partial charge in [0.25, 0.3) is 0 Å². The van der Waals surface area contributed by atoms with Crippen LogP contribution in [0.1, 0.15) is 99.9 Å². The van der Waals surface area contributed by atoms with Crippen molar-refractivity contribution in [2.75, 3.05) is 4.90 Å². The highest BCUT2D eigenvalue weighted by molar-refractivity contribution is 6.09. The fourth-order valence-corrected chi connectivity index (χ4v) is 12.7. The van der Waals surface area contributed by atoms with Crippen LogP contribution in [0.4, 0.5) is 17.1 Å². The number of anilines is 3. The maximum atomic E-state index is 2.58. The molecule has 1 aromatic heterocycles. The van der Waals surface area contributed by atoms with Gasteiger partial charge in [-0.05, 0) is 138 Å². The van der Waals surface area contributed by atoms with Crippen molar-refractivity contribution in [2.24, 2.45) is 0 Å². The Kier molecular flexibility index (Phi) is 10.3. The molecule has 2 nitrogen and oxygen atoms in total. The number of fused-ring (bicyclic) bond motifs is 9. The van der Waals surface area contributed by atoms with Gasteiger partial charge in [0.05, 0.1) is 22.1 Å². The van der Waals surface area contributed by atoms with Crippen LogP contribution in [-0.2, 0) is 21.7 Å². The SMILES string of the molecule is CC(C)(C)c1ccc2c(c1)C(c1ccccc1)(c1ccccc1)c1cc(C(C)(C)C)cc(N(c3ccc(-c4ccc(-n5c6ccccc6c6ccccc65)cc4)cc3)c3ccc4c(c3)C(C)(C)c3ccccc3-4)c1-2. The predicted octanol–water partition coefficient (Wildman–Crippen LogP) is 19.2. The van der Waals surface area contributed by atoms with Crippen molar-refractivity contribution in [1.82, 2.24) is 4.57 Å². The Morgan fingerprint density at radius 1 is 0.378 bits per heavy atom. The Labute approximate surface area is 437 Å². The van der Waals surface area contributed by atoms with Crippen LogP contribution in [0.2, 0.25) is 0 Å². The van der Waals surface area contributed by atoms with Gasteiger partial charge in [-0.3, -0.25) is 0 Å². The first kappa shape index (κ1) is 45.6. The van der Waals surface area contributed by atoms with Crippen LogP contribution in [0, 0.1) is 0 Å². The first-order chi connectivity index (χ1) is 35.7. The summed E-state index contributed by atoms with van der Waals surface area (Å²) in [5, 5.41) is 2.54. The molecular weight excluding hydrogens is 893 g/mol. The second-order valence-corrected chi connectivity index (χ2v) is 23.4. The normalized spacial score (nSPS) is 14.2. The van der Waals surface area contributed by atoms with E-state index in [1.165, 1.54) is 105 Å². The summed E-state index contributed by atoms with van der Waals surface area (Å²) in [5.41, 5.74) is 24.1. The molecule has 2 heteroatoms. The van der Waals surface area contributed by atoms with Gasteiger partial charge in [-0.1, -0.05) is 231 Å². The Morgan fingerprint density at radius 2 is 0.878 bits per heavy atom. The zero-order valence-corrected chi connectivity index (χ0v) is 43.8. The largest absolute Gasteiger partial charge is 0.310 e. The van der Waals surface area contributed by atoms with Gasteiger partial charge in [-0.15, -0.1) is 0 Å². The van der Waals surface area contributed by atoms with Gasteiger partial charge in [0.2, 0.25) is 0 Å². The minimum Gasteiger partial charge on any atom is -0.310 e. The lowest BCUT2D eigenvalue weighted by Crippen LogP contribution is -2.30. The van der Waals surface area contributed by atoms with Crippen LogP contribution in [0.15, 0.2) is 231 Å². The molecule has 2 aliphatic rings. The van der Waals surface area contributed by atoms with Crippen molar-refractivity contribution < 1.29 is 0 Å². The van der Waals surface area contributed by atoms with Gasteiger partial charge in [0, 0.05) is 38.8 Å². The molecule has 74 heavy (non-hydrogen) atoms. The molecule has 0 fully saturated rings. The summed E-state index contributed by atoms with van der Waals surface area (Å²) in [6, 6.07) is 87.1. The molecule has 360 valence electrons. The van der Waals surface area contributed by atoms with Crippen LogP contribution in [0.3, 0.4) is 0 Å². The molecule has 0 bridgehead atoms. The van der Waals surface area contributed by atoms with E-state index in [1.807, 2.05) is 0 Å². The van der Waals surface area contributed by atoms with Crippen LogP contribution in [0.5, 0.6) is 0 Å². The van der Waals surface area contributed by atoms with Crippen LogP contribution < -0.4 is 4.90 Å². The monoisotopic (exact) mass is 954 g/mol. The first-order valence-corrected chi connectivity index (χ1v) is 26.4. The van der Waals surface area contributed by atoms with Crippen molar-refractivity contribution in [3.05, 3.63) is 275 Å². The Balaban J connectivity index is 1.04. The smallest absolute Gasteiger partial charge is 0.0714 e. The van der Waals surface area contributed by atoms with E-state index < -0.39 is 5.41 Å². The average Bonchev–Trinajstić information content (AvgIpc) is 4.00. The zero-order valence-electron chi connectivity index (χ0n) is 43.8. The molecule has 0 atom stereocenters. The molecule has 0 saturated carbocycles. The van der Waals surface area contributed by atoms with Gasteiger partial charge in [-0.2, -0.15) is 0 Å². The number of para-hydroxylation sites is 2. The summed E-state index contributed by atoms with van der Waals surface area (Å²) in [6.07, 6.45) is 0. The summed E-state index contributed by atoms with van der Waals surface area (Å²) >= 11 is 0. The van der Waals surface area contributed by atoms with Gasteiger partial charge in [-0.25, -0.2) is 0 Å². The minimum atomic E-state index is -0.590. The molecule has 1 heterocycles. The van der Waals surface area contributed by atoms with E-state index in [9.17, 15) is 0 Å².